The van der Waals surface area contributed by atoms with Crippen molar-refractivity contribution < 1.29 is 49.0 Å². The Kier molecular flexibility index (Phi) is 14.6. The number of fused-ring (bicyclic) bond motifs is 3. The Morgan fingerprint density at radius 3 is 1.75 bits per heavy atom. The Morgan fingerprint density at radius 1 is 0.750 bits per heavy atom. The van der Waals surface area contributed by atoms with Crippen LogP contribution in [-0.2, 0) is 41.5 Å². The third kappa shape index (κ3) is 10.8. The Bertz CT molecular complexity index is 1420. The SMILES string of the molecule is CC(C)(C)c1[c-]c2c(cc1)-c1ccc(C(C)(C)C)cc1C2.CC1=[C-]C(C)C=C1C(C)(C)C.C[C](=[Zr+2])c1ccc(C)cc1.[Cl-].[Cl-]. The van der Waals surface area contributed by atoms with E-state index in [1.54, 1.807) is 0 Å². The van der Waals surface area contributed by atoms with Crippen molar-refractivity contribution in [1.29, 1.82) is 0 Å². The maximum atomic E-state index is 3.67. The summed E-state index contributed by atoms with van der Waals surface area (Å²) in [5.41, 5.74) is 14.5. The van der Waals surface area contributed by atoms with Gasteiger partial charge in [-0.15, -0.1) is 11.1 Å². The zero-order chi connectivity index (χ0) is 31.6. The fourth-order valence-corrected chi connectivity index (χ4v) is 5.89. The van der Waals surface area contributed by atoms with Crippen molar-refractivity contribution in [1.82, 2.24) is 0 Å². The summed E-state index contributed by atoms with van der Waals surface area (Å²) in [6.45, 7) is 29.0. The number of halogens is 2. The van der Waals surface area contributed by atoms with Crippen LogP contribution in [0.2, 0.25) is 0 Å². The standard InChI is InChI=1S/C21H25.C11H17.C9H10.2ClH.Zr/c1-20(2,3)16-7-9-18-14(12-16)11-15-13-17(21(4,5)6)8-10-19(15)18;1-8-6-9(2)10(7-8)11(3,4)5;1-3-9-6-4-8(2)5-7-9;;;/h7-10,12H,11H2,1-6H3;7-8H,1-5H3;4-7H,1-2H3;2*1H;/q2*-1;;;;+2/p-2. The molecule has 0 bridgehead atoms. The maximum absolute atomic E-state index is 3.67. The molecule has 3 aromatic rings. The van der Waals surface area contributed by atoms with E-state index in [9.17, 15) is 0 Å². The summed E-state index contributed by atoms with van der Waals surface area (Å²) in [6.07, 6.45) is 6.74. The molecule has 44 heavy (non-hydrogen) atoms. The first kappa shape index (κ1) is 40.5. The molecular weight excluding hydrogens is 655 g/mol. The molecule has 0 saturated heterocycles. The van der Waals surface area contributed by atoms with Crippen molar-refractivity contribution in [2.24, 2.45) is 11.3 Å². The molecule has 0 spiro atoms. The molecule has 2 aliphatic rings. The maximum Gasteiger partial charge on any atom is -1.00 e. The molecule has 236 valence electrons. The molecule has 0 heterocycles. The zero-order valence-corrected chi connectivity index (χ0v) is 33.3. The summed E-state index contributed by atoms with van der Waals surface area (Å²) in [4.78, 5) is 0. The third-order valence-corrected chi connectivity index (χ3v) is 8.73. The van der Waals surface area contributed by atoms with Gasteiger partial charge in [-0.2, -0.15) is 35.4 Å². The van der Waals surface area contributed by atoms with Gasteiger partial charge in [-0.3, -0.25) is 6.08 Å². The van der Waals surface area contributed by atoms with Gasteiger partial charge >= 0.3 is 76.7 Å². The van der Waals surface area contributed by atoms with Crippen LogP contribution < -0.4 is 24.8 Å². The summed E-state index contributed by atoms with van der Waals surface area (Å²) >= 11 is 1.51. The van der Waals surface area contributed by atoms with Gasteiger partial charge in [0.05, 0.1) is 0 Å². The van der Waals surface area contributed by atoms with E-state index in [0.717, 1.165) is 6.42 Å². The van der Waals surface area contributed by atoms with Crippen molar-refractivity contribution in [3.63, 3.8) is 0 Å². The molecule has 0 amide bonds. The second-order valence-corrected chi connectivity index (χ2v) is 17.0. The topological polar surface area (TPSA) is 0 Å². The van der Waals surface area contributed by atoms with Crippen LogP contribution >= 0.6 is 0 Å². The number of hydrogen-bond acceptors (Lipinski definition) is 0. The quantitative estimate of drug-likeness (QED) is 0.242. The predicted molar refractivity (Wildman–Crippen MR) is 181 cm³/mol. The molecule has 1 atom stereocenters. The van der Waals surface area contributed by atoms with Gasteiger partial charge in [0.1, 0.15) is 0 Å². The Labute approximate surface area is 297 Å². The summed E-state index contributed by atoms with van der Waals surface area (Å²) in [5.74, 6) is 0.518. The van der Waals surface area contributed by atoms with Crippen molar-refractivity contribution in [3.05, 3.63) is 117 Å². The molecule has 0 aromatic heterocycles. The average molecular weight is 707 g/mol. The average Bonchev–Trinajstić information content (AvgIpc) is 3.41. The Hall–Kier alpha value is -1.53. The number of hydrogen-bond donors (Lipinski definition) is 0. The second kappa shape index (κ2) is 15.8. The molecule has 0 N–H and O–H groups in total. The van der Waals surface area contributed by atoms with E-state index in [4.69, 9.17) is 0 Å². The largest absolute Gasteiger partial charge is 1.00 e. The molecule has 0 saturated carbocycles. The first-order valence-corrected chi connectivity index (χ1v) is 16.6. The van der Waals surface area contributed by atoms with Gasteiger partial charge in [0.15, 0.2) is 0 Å². The van der Waals surface area contributed by atoms with Crippen LogP contribution in [0.4, 0.5) is 0 Å². The number of allylic oxidation sites excluding steroid dienone is 4. The predicted octanol–water partition coefficient (Wildman–Crippen LogP) is 5.10. The number of aryl methyl sites for hydroxylation is 1. The molecule has 5 rings (SSSR count). The first-order valence-electron chi connectivity index (χ1n) is 15.4. The summed E-state index contributed by atoms with van der Waals surface area (Å²) in [6, 6.07) is 23.8. The van der Waals surface area contributed by atoms with E-state index in [2.05, 4.69) is 163 Å². The van der Waals surface area contributed by atoms with Crippen LogP contribution in [0, 0.1) is 30.4 Å². The van der Waals surface area contributed by atoms with E-state index in [1.165, 1.54) is 83.1 Å². The molecule has 0 nitrogen and oxygen atoms in total. The minimum atomic E-state index is 0. The van der Waals surface area contributed by atoms with E-state index >= 15 is 0 Å². The molecule has 0 fully saturated rings. The van der Waals surface area contributed by atoms with Crippen LogP contribution in [0.25, 0.3) is 11.1 Å². The second-order valence-electron chi connectivity index (χ2n) is 15.2. The van der Waals surface area contributed by atoms with Gasteiger partial charge in [0, 0.05) is 0 Å². The molecule has 3 heteroatoms. The third-order valence-electron chi connectivity index (χ3n) is 8.02. The van der Waals surface area contributed by atoms with Crippen molar-refractivity contribution >= 4 is 3.21 Å². The molecular formula is C41H52Cl2Zr-2. The fourth-order valence-electron chi connectivity index (χ4n) is 5.48. The van der Waals surface area contributed by atoms with Gasteiger partial charge in [-0.25, -0.2) is 5.57 Å². The van der Waals surface area contributed by atoms with E-state index < -0.39 is 0 Å². The van der Waals surface area contributed by atoms with Crippen LogP contribution in [0.5, 0.6) is 0 Å². The summed E-state index contributed by atoms with van der Waals surface area (Å²) in [7, 11) is 0. The van der Waals surface area contributed by atoms with Crippen molar-refractivity contribution in [2.45, 2.75) is 107 Å². The van der Waals surface area contributed by atoms with Crippen LogP contribution in [0.15, 0.2) is 71.8 Å². The molecule has 0 radical (unpaired) electrons. The Morgan fingerprint density at radius 2 is 1.32 bits per heavy atom. The van der Waals surface area contributed by atoms with Crippen LogP contribution in [-0.4, -0.2) is 3.21 Å². The van der Waals surface area contributed by atoms with Gasteiger partial charge in [0.25, 0.3) is 0 Å². The molecule has 1 unspecified atom stereocenters. The first-order chi connectivity index (χ1) is 19.3. The van der Waals surface area contributed by atoms with Crippen molar-refractivity contribution in [3.8, 4) is 11.1 Å². The number of rotatable bonds is 1. The van der Waals surface area contributed by atoms with Gasteiger partial charge in [-0.05, 0) is 28.4 Å². The molecule has 2 aliphatic carbocycles. The monoisotopic (exact) mass is 704 g/mol. The summed E-state index contributed by atoms with van der Waals surface area (Å²) < 4.78 is 1.46. The fraction of sp³-hybridized carbons (Fsp3) is 0.439. The molecule has 0 aliphatic heterocycles. The molecule has 3 aromatic carbocycles. The summed E-state index contributed by atoms with van der Waals surface area (Å²) in [5, 5.41) is 0. The minimum absolute atomic E-state index is 0. The number of benzene rings is 3. The van der Waals surface area contributed by atoms with Crippen LogP contribution in [0.1, 0.15) is 116 Å². The van der Waals surface area contributed by atoms with E-state index in [1.807, 2.05) is 0 Å². The normalized spacial score (nSPS) is 15.1. The van der Waals surface area contributed by atoms with E-state index in [0.29, 0.717) is 11.3 Å². The van der Waals surface area contributed by atoms with Gasteiger partial charge in [0.2, 0.25) is 0 Å². The zero-order valence-electron chi connectivity index (χ0n) is 29.3. The van der Waals surface area contributed by atoms with Gasteiger partial charge in [-0.1, -0.05) is 111 Å². The minimum Gasteiger partial charge on any atom is -1.00 e. The van der Waals surface area contributed by atoms with Crippen molar-refractivity contribution in [2.75, 3.05) is 0 Å². The van der Waals surface area contributed by atoms with Crippen LogP contribution in [0.3, 0.4) is 0 Å². The smallest absolute Gasteiger partial charge is 1.00 e. The van der Waals surface area contributed by atoms with Gasteiger partial charge < -0.3 is 24.8 Å². The van der Waals surface area contributed by atoms with E-state index in [-0.39, 0.29) is 35.6 Å². The Balaban J connectivity index is 0.000000358.